The minimum atomic E-state index is -0.728. The average molecular weight is 442 g/mol. The molecule has 31 heavy (non-hydrogen) atoms. The number of rotatable bonds is 3. The number of hydrogen-bond acceptors (Lipinski definition) is 6. The Morgan fingerprint density at radius 3 is 2.61 bits per heavy atom. The summed E-state index contributed by atoms with van der Waals surface area (Å²) in [6, 6.07) is 5.01. The van der Waals surface area contributed by atoms with E-state index < -0.39 is 11.8 Å². The van der Waals surface area contributed by atoms with Gasteiger partial charge in [-0.25, -0.2) is 4.98 Å². The van der Waals surface area contributed by atoms with Crippen LogP contribution in [0.5, 0.6) is 0 Å². The predicted molar refractivity (Wildman–Crippen MR) is 119 cm³/mol. The SMILES string of the molecule is Cc1cc(NC(=O)C(=O)N2CC(C)N(C(=O)C3(C)CC3)CC2c2cccs2)cnc1N. The molecule has 2 unspecified atom stereocenters. The zero-order valence-electron chi connectivity index (χ0n) is 17.9. The topological polar surface area (TPSA) is 109 Å². The molecule has 2 atom stereocenters. The van der Waals surface area contributed by atoms with Crippen LogP contribution < -0.4 is 11.1 Å². The first-order valence-electron chi connectivity index (χ1n) is 10.4. The van der Waals surface area contributed by atoms with Crippen LogP contribution >= 0.6 is 11.3 Å². The summed E-state index contributed by atoms with van der Waals surface area (Å²) < 4.78 is 0. The van der Waals surface area contributed by atoms with Crippen molar-refractivity contribution in [2.75, 3.05) is 24.1 Å². The smallest absolute Gasteiger partial charge is 0.313 e. The number of anilines is 2. The van der Waals surface area contributed by atoms with Crippen molar-refractivity contribution in [2.24, 2.45) is 5.41 Å². The van der Waals surface area contributed by atoms with Crippen LogP contribution in [0.1, 0.15) is 43.2 Å². The van der Waals surface area contributed by atoms with Gasteiger partial charge in [-0.15, -0.1) is 11.3 Å². The Kier molecular flexibility index (Phi) is 5.47. The molecule has 9 heteroatoms. The molecule has 1 saturated carbocycles. The predicted octanol–water partition coefficient (Wildman–Crippen LogP) is 2.57. The van der Waals surface area contributed by atoms with Crippen molar-refractivity contribution in [2.45, 2.75) is 45.7 Å². The molecule has 0 spiro atoms. The van der Waals surface area contributed by atoms with Crippen LogP contribution in [0.2, 0.25) is 0 Å². The summed E-state index contributed by atoms with van der Waals surface area (Å²) in [7, 11) is 0. The van der Waals surface area contributed by atoms with Gasteiger partial charge in [0, 0.05) is 29.4 Å². The molecular formula is C22H27N5O3S. The third kappa shape index (κ3) is 4.14. The van der Waals surface area contributed by atoms with Gasteiger partial charge in [-0.1, -0.05) is 13.0 Å². The first kappa shape index (κ1) is 21.3. The monoisotopic (exact) mass is 441 g/mol. The molecule has 0 bridgehead atoms. The summed E-state index contributed by atoms with van der Waals surface area (Å²) >= 11 is 1.52. The second-order valence-corrected chi connectivity index (χ2v) is 9.72. The van der Waals surface area contributed by atoms with E-state index in [9.17, 15) is 14.4 Å². The fraction of sp³-hybridized carbons (Fsp3) is 0.455. The Labute approximate surface area is 185 Å². The summed E-state index contributed by atoms with van der Waals surface area (Å²) in [5.74, 6) is -0.833. The fourth-order valence-corrected chi connectivity index (χ4v) is 4.75. The number of aryl methyl sites for hydroxylation is 1. The number of hydrogen-bond donors (Lipinski definition) is 2. The Hall–Kier alpha value is -2.94. The molecule has 4 rings (SSSR count). The number of thiophene rings is 1. The highest BCUT2D eigenvalue weighted by atomic mass is 32.1. The summed E-state index contributed by atoms with van der Waals surface area (Å²) in [6.45, 7) is 6.40. The molecule has 2 aromatic heterocycles. The van der Waals surface area contributed by atoms with E-state index in [1.54, 1.807) is 17.9 Å². The summed E-state index contributed by atoms with van der Waals surface area (Å²) in [5.41, 5.74) is 6.58. The molecule has 8 nitrogen and oxygen atoms in total. The van der Waals surface area contributed by atoms with Crippen molar-refractivity contribution in [3.8, 4) is 0 Å². The number of nitrogen functional groups attached to an aromatic ring is 1. The van der Waals surface area contributed by atoms with Gasteiger partial charge in [0.1, 0.15) is 5.82 Å². The summed E-state index contributed by atoms with van der Waals surface area (Å²) in [6.07, 6.45) is 3.23. The van der Waals surface area contributed by atoms with Gasteiger partial charge < -0.3 is 20.9 Å². The number of nitrogens with zero attached hydrogens (tertiary/aromatic N) is 3. The van der Waals surface area contributed by atoms with E-state index in [-0.39, 0.29) is 23.4 Å². The van der Waals surface area contributed by atoms with Crippen LogP contribution in [0.15, 0.2) is 29.8 Å². The Morgan fingerprint density at radius 1 is 1.26 bits per heavy atom. The Balaban J connectivity index is 1.55. The van der Waals surface area contributed by atoms with E-state index in [4.69, 9.17) is 5.73 Å². The van der Waals surface area contributed by atoms with Crippen LogP contribution in [0.4, 0.5) is 11.5 Å². The van der Waals surface area contributed by atoms with Crippen LogP contribution in [-0.4, -0.2) is 51.6 Å². The van der Waals surface area contributed by atoms with E-state index in [2.05, 4.69) is 10.3 Å². The molecule has 2 fully saturated rings. The quantitative estimate of drug-likeness (QED) is 0.712. The Morgan fingerprint density at radius 2 is 2.00 bits per heavy atom. The van der Waals surface area contributed by atoms with Crippen LogP contribution in [-0.2, 0) is 14.4 Å². The van der Waals surface area contributed by atoms with Crippen LogP contribution in [0.25, 0.3) is 0 Å². The third-order valence-corrected chi connectivity index (χ3v) is 7.19. The highest BCUT2D eigenvalue weighted by molar-refractivity contribution is 7.10. The van der Waals surface area contributed by atoms with Crippen molar-refractivity contribution in [3.63, 3.8) is 0 Å². The average Bonchev–Trinajstić information content (AvgIpc) is 3.26. The van der Waals surface area contributed by atoms with Crippen molar-refractivity contribution in [1.82, 2.24) is 14.8 Å². The number of amides is 3. The van der Waals surface area contributed by atoms with Gasteiger partial charge in [0.05, 0.1) is 17.9 Å². The molecule has 0 radical (unpaired) electrons. The molecule has 164 valence electrons. The lowest BCUT2D eigenvalue weighted by atomic mass is 10.0. The summed E-state index contributed by atoms with van der Waals surface area (Å²) in [5, 5.41) is 4.57. The van der Waals surface area contributed by atoms with Gasteiger partial charge in [0.15, 0.2) is 0 Å². The second kappa shape index (κ2) is 7.96. The van der Waals surface area contributed by atoms with E-state index in [1.165, 1.54) is 17.5 Å². The van der Waals surface area contributed by atoms with Gasteiger partial charge in [0.25, 0.3) is 0 Å². The highest BCUT2D eigenvalue weighted by Crippen LogP contribution is 2.47. The number of piperazine rings is 1. The first-order valence-corrected chi connectivity index (χ1v) is 11.3. The van der Waals surface area contributed by atoms with Crippen molar-refractivity contribution >= 4 is 40.6 Å². The van der Waals surface area contributed by atoms with Gasteiger partial charge in [0.2, 0.25) is 5.91 Å². The first-order chi connectivity index (χ1) is 14.7. The lowest BCUT2D eigenvalue weighted by Crippen LogP contribution is -2.59. The molecule has 3 heterocycles. The van der Waals surface area contributed by atoms with Crippen LogP contribution in [0, 0.1) is 12.3 Å². The van der Waals surface area contributed by atoms with E-state index in [1.807, 2.05) is 36.3 Å². The molecule has 2 aromatic rings. The van der Waals surface area contributed by atoms with Crippen LogP contribution in [0.3, 0.4) is 0 Å². The van der Waals surface area contributed by atoms with Crippen molar-refractivity contribution < 1.29 is 14.4 Å². The van der Waals surface area contributed by atoms with Crippen molar-refractivity contribution in [1.29, 1.82) is 0 Å². The molecule has 1 aliphatic heterocycles. The van der Waals surface area contributed by atoms with Gasteiger partial charge >= 0.3 is 11.8 Å². The standard InChI is InChI=1S/C22H27N5O3S/c1-13-9-15(10-24-18(13)23)25-19(28)20(29)27-11-14(2)26(21(30)22(3)6-7-22)12-16(27)17-5-4-8-31-17/h4-5,8-10,14,16H,6-7,11-12H2,1-3H3,(H2,23,24)(H,25,28). The van der Waals surface area contributed by atoms with E-state index in [0.717, 1.165) is 23.3 Å². The molecule has 3 N–H and O–H groups in total. The highest BCUT2D eigenvalue weighted by Gasteiger charge is 2.50. The maximum absolute atomic E-state index is 13.2. The zero-order valence-corrected chi connectivity index (χ0v) is 18.7. The molecule has 0 aromatic carbocycles. The second-order valence-electron chi connectivity index (χ2n) is 8.74. The number of carbonyl (C=O) groups excluding carboxylic acids is 3. The van der Waals surface area contributed by atoms with Gasteiger partial charge in [-0.2, -0.15) is 0 Å². The Bertz CT molecular complexity index is 1020. The summed E-state index contributed by atoms with van der Waals surface area (Å²) in [4.78, 5) is 47.4. The van der Waals surface area contributed by atoms with Crippen molar-refractivity contribution in [3.05, 3.63) is 40.2 Å². The van der Waals surface area contributed by atoms with Gasteiger partial charge in [-0.3, -0.25) is 14.4 Å². The largest absolute Gasteiger partial charge is 0.383 e. The minimum absolute atomic E-state index is 0.140. The number of nitrogens with one attached hydrogen (secondary N) is 1. The number of aromatic nitrogens is 1. The maximum Gasteiger partial charge on any atom is 0.313 e. The molecule has 3 amide bonds. The lowest BCUT2D eigenvalue weighted by Gasteiger charge is -2.45. The fourth-order valence-electron chi connectivity index (χ4n) is 3.92. The molecule has 1 saturated heterocycles. The minimum Gasteiger partial charge on any atom is -0.383 e. The lowest BCUT2D eigenvalue weighted by molar-refractivity contribution is -0.153. The molecular weight excluding hydrogens is 414 g/mol. The zero-order chi connectivity index (χ0) is 22.3. The number of pyridine rings is 1. The molecule has 2 aliphatic rings. The number of nitrogens with two attached hydrogens (primary N) is 1. The maximum atomic E-state index is 13.2. The molecule has 1 aliphatic carbocycles. The van der Waals surface area contributed by atoms with E-state index in [0.29, 0.717) is 24.6 Å². The normalized spacial score (nSPS) is 22.2. The third-order valence-electron chi connectivity index (χ3n) is 6.22. The van der Waals surface area contributed by atoms with Gasteiger partial charge in [-0.05, 0) is 49.8 Å². The number of carbonyl (C=O) groups is 3. The van der Waals surface area contributed by atoms with E-state index >= 15 is 0 Å².